The van der Waals surface area contributed by atoms with E-state index in [2.05, 4.69) is 11.8 Å². The molecule has 1 aromatic rings. The Labute approximate surface area is 123 Å². The summed E-state index contributed by atoms with van der Waals surface area (Å²) in [5.41, 5.74) is 0.492. The van der Waals surface area contributed by atoms with Crippen LogP contribution in [-0.4, -0.2) is 31.9 Å². The highest BCUT2D eigenvalue weighted by Crippen LogP contribution is 2.22. The Morgan fingerprint density at radius 1 is 1.40 bits per heavy atom. The van der Waals surface area contributed by atoms with Gasteiger partial charge in [0, 0.05) is 23.9 Å². The number of halogens is 2. The molecule has 0 amide bonds. The van der Waals surface area contributed by atoms with Gasteiger partial charge in [-0.25, -0.2) is 12.8 Å². The molecule has 1 unspecified atom stereocenters. The fraction of sp³-hybridized carbons (Fsp3) is 0.429. The van der Waals surface area contributed by atoms with Crippen molar-refractivity contribution >= 4 is 21.4 Å². The van der Waals surface area contributed by atoms with Crippen molar-refractivity contribution in [3.63, 3.8) is 0 Å². The predicted molar refractivity (Wildman–Crippen MR) is 76.3 cm³/mol. The molecule has 2 rings (SSSR count). The molecule has 1 atom stereocenters. The Balaban J connectivity index is 2.11. The molecule has 1 aromatic carbocycles. The van der Waals surface area contributed by atoms with Crippen molar-refractivity contribution in [2.45, 2.75) is 18.9 Å². The Kier molecular flexibility index (Phi) is 4.90. The molecule has 0 aliphatic carbocycles. The zero-order chi connectivity index (χ0) is 14.6. The van der Waals surface area contributed by atoms with E-state index in [1.54, 1.807) is 6.07 Å². The zero-order valence-corrected chi connectivity index (χ0v) is 12.3. The summed E-state index contributed by atoms with van der Waals surface area (Å²) >= 11 is 5.51. The van der Waals surface area contributed by atoms with Crippen LogP contribution >= 0.6 is 11.6 Å². The molecular weight excluding hydrogens is 303 g/mol. The summed E-state index contributed by atoms with van der Waals surface area (Å²) < 4.78 is 41.7. The Morgan fingerprint density at radius 2 is 2.20 bits per heavy atom. The van der Waals surface area contributed by atoms with Crippen LogP contribution in [0.5, 0.6) is 5.75 Å². The number of rotatable bonds is 3. The van der Waals surface area contributed by atoms with Crippen LogP contribution in [0.3, 0.4) is 0 Å². The molecule has 1 saturated heterocycles. The minimum atomic E-state index is -3.01. The van der Waals surface area contributed by atoms with E-state index >= 15 is 0 Å². The van der Waals surface area contributed by atoms with Crippen molar-refractivity contribution in [2.75, 3.05) is 17.4 Å². The summed E-state index contributed by atoms with van der Waals surface area (Å²) in [4.78, 5) is 0. The summed E-state index contributed by atoms with van der Waals surface area (Å²) in [5.74, 6) is 5.98. The van der Waals surface area contributed by atoms with E-state index in [0.717, 1.165) is 0 Å². The summed E-state index contributed by atoms with van der Waals surface area (Å²) in [6.45, 7) is 0. The molecule has 0 saturated carbocycles. The van der Waals surface area contributed by atoms with Crippen molar-refractivity contribution in [3.05, 3.63) is 29.6 Å². The number of sulfone groups is 1. The minimum absolute atomic E-state index is 0.0171. The van der Waals surface area contributed by atoms with Gasteiger partial charge < -0.3 is 4.74 Å². The normalized spacial score (nSPS) is 20.2. The lowest BCUT2D eigenvalue weighted by Gasteiger charge is -2.12. The second kappa shape index (κ2) is 6.47. The van der Waals surface area contributed by atoms with Crippen molar-refractivity contribution in [1.29, 1.82) is 0 Å². The van der Waals surface area contributed by atoms with Gasteiger partial charge in [0.05, 0.1) is 11.5 Å². The minimum Gasteiger partial charge on any atom is -0.489 e. The van der Waals surface area contributed by atoms with Gasteiger partial charge in [-0.3, -0.25) is 0 Å². The zero-order valence-electron chi connectivity index (χ0n) is 10.7. The van der Waals surface area contributed by atoms with Gasteiger partial charge in [-0.05, 0) is 18.6 Å². The molecular formula is C14H14ClFO3S. The van der Waals surface area contributed by atoms with Gasteiger partial charge in [0.1, 0.15) is 17.7 Å². The van der Waals surface area contributed by atoms with Crippen LogP contribution in [-0.2, 0) is 9.84 Å². The number of hydrogen-bond donors (Lipinski definition) is 0. The second-order valence-electron chi connectivity index (χ2n) is 4.56. The maximum absolute atomic E-state index is 13.5. The highest BCUT2D eigenvalue weighted by molar-refractivity contribution is 7.91. The summed E-state index contributed by atoms with van der Waals surface area (Å²) in [5, 5.41) is 0. The third kappa shape index (κ3) is 4.39. The molecule has 1 fully saturated rings. The van der Waals surface area contributed by atoms with E-state index in [4.69, 9.17) is 16.3 Å². The van der Waals surface area contributed by atoms with Crippen molar-refractivity contribution in [2.24, 2.45) is 0 Å². The van der Waals surface area contributed by atoms with Crippen LogP contribution in [0.15, 0.2) is 18.2 Å². The molecule has 0 bridgehead atoms. The highest BCUT2D eigenvalue weighted by atomic mass is 35.5. The average Bonchev–Trinajstić information content (AvgIpc) is 2.68. The fourth-order valence-corrected chi connectivity index (χ4v) is 3.65. The third-order valence-corrected chi connectivity index (χ3v) is 4.74. The first-order valence-corrected chi connectivity index (χ1v) is 8.56. The molecule has 108 valence electrons. The first kappa shape index (κ1) is 15.1. The molecule has 6 heteroatoms. The molecule has 1 aliphatic heterocycles. The maximum Gasteiger partial charge on any atom is 0.154 e. The monoisotopic (exact) mass is 316 g/mol. The molecule has 1 heterocycles. The molecule has 0 N–H and O–H groups in total. The van der Waals surface area contributed by atoms with Gasteiger partial charge in [0.2, 0.25) is 0 Å². The van der Waals surface area contributed by atoms with Gasteiger partial charge in [-0.2, -0.15) is 0 Å². The topological polar surface area (TPSA) is 43.4 Å². The standard InChI is InChI=1S/C14H14ClFO3S/c15-5-2-1-3-11-7-12(16)9-14(8-11)19-13-4-6-20(17,18)10-13/h7-9,13H,2,4-6,10H2. The Hall–Kier alpha value is -1.25. The fourth-order valence-electron chi connectivity index (χ4n) is 1.96. The van der Waals surface area contributed by atoms with E-state index in [-0.39, 0.29) is 11.5 Å². The summed E-state index contributed by atoms with van der Waals surface area (Å²) in [7, 11) is -3.01. The second-order valence-corrected chi connectivity index (χ2v) is 7.17. The van der Waals surface area contributed by atoms with Crippen LogP contribution in [0, 0.1) is 17.7 Å². The predicted octanol–water partition coefficient (Wildman–Crippen LogP) is 2.37. The van der Waals surface area contributed by atoms with Crippen LogP contribution in [0.4, 0.5) is 4.39 Å². The number of benzene rings is 1. The molecule has 20 heavy (non-hydrogen) atoms. The van der Waals surface area contributed by atoms with Crippen LogP contribution in [0.25, 0.3) is 0 Å². The molecule has 0 radical (unpaired) electrons. The van der Waals surface area contributed by atoms with E-state index in [1.165, 1.54) is 12.1 Å². The first-order valence-electron chi connectivity index (χ1n) is 6.21. The van der Waals surface area contributed by atoms with Gasteiger partial charge in [-0.1, -0.05) is 11.8 Å². The van der Waals surface area contributed by atoms with Gasteiger partial charge in [0.25, 0.3) is 0 Å². The maximum atomic E-state index is 13.5. The first-order chi connectivity index (χ1) is 9.48. The lowest BCUT2D eigenvalue weighted by molar-refractivity contribution is 0.228. The highest BCUT2D eigenvalue weighted by Gasteiger charge is 2.29. The Morgan fingerprint density at radius 3 is 2.85 bits per heavy atom. The largest absolute Gasteiger partial charge is 0.489 e. The van der Waals surface area contributed by atoms with Crippen molar-refractivity contribution in [1.82, 2.24) is 0 Å². The number of ether oxygens (including phenoxy) is 1. The van der Waals surface area contributed by atoms with Crippen LogP contribution < -0.4 is 4.74 Å². The molecule has 0 spiro atoms. The van der Waals surface area contributed by atoms with Crippen molar-refractivity contribution < 1.29 is 17.5 Å². The number of alkyl halides is 1. The van der Waals surface area contributed by atoms with E-state index in [0.29, 0.717) is 30.0 Å². The van der Waals surface area contributed by atoms with E-state index < -0.39 is 21.8 Å². The molecule has 1 aliphatic rings. The quantitative estimate of drug-likeness (QED) is 0.635. The van der Waals surface area contributed by atoms with Crippen LogP contribution in [0.2, 0.25) is 0 Å². The van der Waals surface area contributed by atoms with Gasteiger partial charge in [0.15, 0.2) is 9.84 Å². The SMILES string of the molecule is O=S1(=O)CCC(Oc2cc(F)cc(C#CCCCl)c2)C1. The smallest absolute Gasteiger partial charge is 0.154 e. The van der Waals surface area contributed by atoms with Gasteiger partial charge >= 0.3 is 0 Å². The van der Waals surface area contributed by atoms with Gasteiger partial charge in [-0.15, -0.1) is 11.6 Å². The van der Waals surface area contributed by atoms with E-state index in [1.807, 2.05) is 0 Å². The lowest BCUT2D eigenvalue weighted by Crippen LogP contribution is -2.17. The average molecular weight is 317 g/mol. The van der Waals surface area contributed by atoms with Crippen molar-refractivity contribution in [3.8, 4) is 17.6 Å². The third-order valence-electron chi connectivity index (χ3n) is 2.82. The molecule has 0 aromatic heterocycles. The lowest BCUT2D eigenvalue weighted by atomic mass is 10.2. The number of hydrogen-bond acceptors (Lipinski definition) is 3. The summed E-state index contributed by atoms with van der Waals surface area (Å²) in [6, 6.07) is 4.15. The Bertz CT molecular complexity index is 646. The van der Waals surface area contributed by atoms with E-state index in [9.17, 15) is 12.8 Å². The molecule has 3 nitrogen and oxygen atoms in total. The van der Waals surface area contributed by atoms with Crippen LogP contribution in [0.1, 0.15) is 18.4 Å². The summed E-state index contributed by atoms with van der Waals surface area (Å²) in [6.07, 6.45) is 0.548.